The first-order valence-electron chi connectivity index (χ1n) is 5.12. The van der Waals surface area contributed by atoms with Gasteiger partial charge in [0, 0.05) is 12.6 Å². The molecule has 0 aromatic carbocycles. The molecular weight excluding hydrogens is 194 g/mol. The molecule has 0 aliphatic carbocycles. The van der Waals surface area contributed by atoms with Crippen LogP contribution in [0, 0.1) is 0 Å². The Kier molecular flexibility index (Phi) is 4.30. The second-order valence-electron chi connectivity index (χ2n) is 3.54. The minimum absolute atomic E-state index is 0.197. The normalized spacial score (nSPS) is 12.5. The van der Waals surface area contributed by atoms with Crippen LogP contribution in [0.4, 0.5) is 5.69 Å². The van der Waals surface area contributed by atoms with Crippen molar-refractivity contribution in [3.8, 4) is 0 Å². The van der Waals surface area contributed by atoms with Gasteiger partial charge in [0.1, 0.15) is 0 Å². The Hall–Kier alpha value is -1.36. The molecule has 1 atom stereocenters. The summed E-state index contributed by atoms with van der Waals surface area (Å²) in [6.07, 6.45) is 2.03. The molecule has 0 spiro atoms. The van der Waals surface area contributed by atoms with E-state index in [0.29, 0.717) is 0 Å². The predicted molar refractivity (Wildman–Crippen MR) is 59.0 cm³/mol. The summed E-state index contributed by atoms with van der Waals surface area (Å²) in [5, 5.41) is 16.2. The molecule has 1 rings (SSSR count). The summed E-state index contributed by atoms with van der Waals surface area (Å²) in [4.78, 5) is 11.5. The molecule has 5 heteroatoms. The van der Waals surface area contributed by atoms with Crippen molar-refractivity contribution in [2.24, 2.45) is 0 Å². The maximum Gasteiger partial charge on any atom is 0.268 e. The summed E-state index contributed by atoms with van der Waals surface area (Å²) < 4.78 is 1.25. The van der Waals surface area contributed by atoms with Gasteiger partial charge in [-0.1, -0.05) is 6.92 Å². The van der Waals surface area contributed by atoms with E-state index in [4.69, 9.17) is 5.11 Å². The number of aromatic nitrogens is 2. The Balaban J connectivity index is 2.74. The Morgan fingerprint density at radius 1 is 1.67 bits per heavy atom. The molecule has 0 aliphatic rings. The second kappa shape index (κ2) is 5.50. The number of nitrogens with zero attached hydrogens (tertiary/aromatic N) is 2. The lowest BCUT2D eigenvalue weighted by Crippen LogP contribution is -2.27. The zero-order valence-corrected chi connectivity index (χ0v) is 9.10. The molecule has 15 heavy (non-hydrogen) atoms. The van der Waals surface area contributed by atoms with Gasteiger partial charge in [-0.05, 0) is 13.3 Å². The van der Waals surface area contributed by atoms with Gasteiger partial charge in [-0.15, -0.1) is 0 Å². The van der Waals surface area contributed by atoms with Crippen LogP contribution in [0.5, 0.6) is 0 Å². The highest BCUT2D eigenvalue weighted by Gasteiger charge is 2.02. The molecule has 0 radical (unpaired) electrons. The van der Waals surface area contributed by atoms with Crippen molar-refractivity contribution < 1.29 is 5.11 Å². The molecule has 1 aromatic heterocycles. The van der Waals surface area contributed by atoms with Crippen LogP contribution in [0.25, 0.3) is 0 Å². The lowest BCUT2D eigenvalue weighted by molar-refractivity contribution is 0.166. The third kappa shape index (κ3) is 3.71. The molecule has 0 amide bonds. The van der Waals surface area contributed by atoms with Gasteiger partial charge in [-0.25, -0.2) is 4.68 Å². The van der Waals surface area contributed by atoms with Gasteiger partial charge >= 0.3 is 0 Å². The third-order valence-electron chi connectivity index (χ3n) is 1.89. The minimum atomic E-state index is -0.565. The Bertz CT molecular complexity index is 360. The fourth-order valence-electron chi connectivity index (χ4n) is 1.19. The van der Waals surface area contributed by atoms with E-state index in [0.717, 1.165) is 18.7 Å². The number of aliphatic hydroxyl groups excluding tert-OH is 1. The molecular formula is C10H17N3O2. The van der Waals surface area contributed by atoms with E-state index in [-0.39, 0.29) is 12.1 Å². The van der Waals surface area contributed by atoms with Crippen LogP contribution in [0.1, 0.15) is 20.3 Å². The highest BCUT2D eigenvalue weighted by atomic mass is 16.3. The van der Waals surface area contributed by atoms with Crippen molar-refractivity contribution in [1.29, 1.82) is 0 Å². The first-order chi connectivity index (χ1) is 7.13. The SMILES string of the molecule is CCCNc1cnn(CC(C)O)c(=O)c1. The summed E-state index contributed by atoms with van der Waals surface area (Å²) in [5.41, 5.74) is 0.528. The van der Waals surface area contributed by atoms with Crippen molar-refractivity contribution in [3.05, 3.63) is 22.6 Å². The molecule has 0 fully saturated rings. The van der Waals surface area contributed by atoms with Gasteiger partial charge < -0.3 is 10.4 Å². The highest BCUT2D eigenvalue weighted by molar-refractivity contribution is 5.38. The van der Waals surface area contributed by atoms with Gasteiger partial charge in [0.25, 0.3) is 5.56 Å². The molecule has 84 valence electrons. The van der Waals surface area contributed by atoms with E-state index in [1.54, 1.807) is 13.1 Å². The summed E-state index contributed by atoms with van der Waals surface area (Å²) in [7, 11) is 0. The number of hydrogen-bond donors (Lipinski definition) is 2. The first kappa shape index (κ1) is 11.7. The average molecular weight is 211 g/mol. The minimum Gasteiger partial charge on any atom is -0.391 e. The molecule has 0 saturated carbocycles. The number of aliphatic hydroxyl groups is 1. The van der Waals surface area contributed by atoms with Crippen molar-refractivity contribution in [3.63, 3.8) is 0 Å². The van der Waals surface area contributed by atoms with Gasteiger partial charge in [0.05, 0.1) is 24.5 Å². The average Bonchev–Trinajstić information content (AvgIpc) is 2.18. The number of nitrogens with one attached hydrogen (secondary N) is 1. The first-order valence-corrected chi connectivity index (χ1v) is 5.12. The van der Waals surface area contributed by atoms with Crippen LogP contribution in [0.3, 0.4) is 0 Å². The van der Waals surface area contributed by atoms with Crippen molar-refractivity contribution >= 4 is 5.69 Å². The summed E-state index contributed by atoms with van der Waals surface area (Å²) in [6, 6.07) is 1.49. The number of anilines is 1. The molecule has 2 N–H and O–H groups in total. The van der Waals surface area contributed by atoms with Crippen LogP contribution in [-0.4, -0.2) is 27.5 Å². The van der Waals surface area contributed by atoms with Gasteiger partial charge in [-0.2, -0.15) is 5.10 Å². The monoisotopic (exact) mass is 211 g/mol. The smallest absolute Gasteiger partial charge is 0.268 e. The second-order valence-corrected chi connectivity index (χ2v) is 3.54. The highest BCUT2D eigenvalue weighted by Crippen LogP contribution is 1.99. The van der Waals surface area contributed by atoms with Crippen molar-refractivity contribution in [2.75, 3.05) is 11.9 Å². The number of hydrogen-bond acceptors (Lipinski definition) is 4. The van der Waals surface area contributed by atoms with Crippen LogP contribution in [-0.2, 0) is 6.54 Å². The quantitative estimate of drug-likeness (QED) is 0.742. The zero-order chi connectivity index (χ0) is 11.3. The third-order valence-corrected chi connectivity index (χ3v) is 1.89. The molecule has 0 saturated heterocycles. The van der Waals surface area contributed by atoms with Gasteiger partial charge in [0.15, 0.2) is 0 Å². The van der Waals surface area contributed by atoms with E-state index in [1.807, 2.05) is 0 Å². The van der Waals surface area contributed by atoms with E-state index >= 15 is 0 Å². The lowest BCUT2D eigenvalue weighted by atomic mass is 10.4. The van der Waals surface area contributed by atoms with E-state index in [1.165, 1.54) is 10.7 Å². The van der Waals surface area contributed by atoms with Crippen LogP contribution in [0.15, 0.2) is 17.1 Å². The van der Waals surface area contributed by atoms with Gasteiger partial charge in [0.2, 0.25) is 0 Å². The van der Waals surface area contributed by atoms with Gasteiger partial charge in [-0.3, -0.25) is 4.79 Å². The fraction of sp³-hybridized carbons (Fsp3) is 0.600. The Morgan fingerprint density at radius 3 is 2.93 bits per heavy atom. The topological polar surface area (TPSA) is 67.2 Å². The molecule has 1 unspecified atom stereocenters. The van der Waals surface area contributed by atoms with E-state index < -0.39 is 6.10 Å². The Morgan fingerprint density at radius 2 is 2.40 bits per heavy atom. The lowest BCUT2D eigenvalue weighted by Gasteiger charge is -2.08. The molecule has 0 bridgehead atoms. The molecule has 1 heterocycles. The van der Waals surface area contributed by atoms with Crippen LogP contribution < -0.4 is 10.9 Å². The van der Waals surface area contributed by atoms with E-state index in [9.17, 15) is 4.79 Å². The fourth-order valence-corrected chi connectivity index (χ4v) is 1.19. The summed E-state index contributed by atoms with van der Waals surface area (Å²) in [6.45, 7) is 4.72. The molecule has 5 nitrogen and oxygen atoms in total. The predicted octanol–water partition coefficient (Wildman–Crippen LogP) is 0.446. The van der Waals surface area contributed by atoms with Crippen LogP contribution >= 0.6 is 0 Å². The van der Waals surface area contributed by atoms with Crippen LogP contribution in [0.2, 0.25) is 0 Å². The standard InChI is InChI=1S/C10H17N3O2/c1-3-4-11-9-5-10(15)13(12-6-9)7-8(2)14/h5-6,8,11,14H,3-4,7H2,1-2H3. The number of rotatable bonds is 5. The maximum absolute atomic E-state index is 11.5. The van der Waals surface area contributed by atoms with Crippen molar-refractivity contribution in [1.82, 2.24) is 9.78 Å². The summed E-state index contributed by atoms with van der Waals surface area (Å²) in [5.74, 6) is 0. The molecule has 0 aliphatic heterocycles. The zero-order valence-electron chi connectivity index (χ0n) is 9.10. The Labute approximate surface area is 88.7 Å². The maximum atomic E-state index is 11.5. The molecule has 1 aromatic rings. The largest absolute Gasteiger partial charge is 0.391 e. The summed E-state index contributed by atoms with van der Waals surface area (Å²) >= 11 is 0. The van der Waals surface area contributed by atoms with Crippen molar-refractivity contribution in [2.45, 2.75) is 32.9 Å². The van der Waals surface area contributed by atoms with E-state index in [2.05, 4.69) is 17.3 Å².